The summed E-state index contributed by atoms with van der Waals surface area (Å²) in [5.74, 6) is 0. The fraction of sp³-hybridized carbons (Fsp3) is 0.500. The van der Waals surface area contributed by atoms with Gasteiger partial charge in [0.1, 0.15) is 0 Å². The molecule has 2 nitrogen and oxygen atoms in total. The Labute approximate surface area is 133 Å². The average molecular weight is 297 g/mol. The summed E-state index contributed by atoms with van der Waals surface area (Å²) in [6, 6.07) is 15.2. The number of nitrogens with one attached hydrogen (secondary N) is 1. The molecule has 0 heterocycles. The average Bonchev–Trinajstić information content (AvgIpc) is 2.83. The molecule has 2 N–H and O–H groups in total. The summed E-state index contributed by atoms with van der Waals surface area (Å²) in [5.41, 5.74) is 1.03. The van der Waals surface area contributed by atoms with E-state index in [1.54, 1.807) is 0 Å². The van der Waals surface area contributed by atoms with Crippen molar-refractivity contribution in [2.24, 2.45) is 0 Å². The van der Waals surface area contributed by atoms with Crippen LogP contribution in [0.2, 0.25) is 0 Å². The first-order valence-corrected chi connectivity index (χ1v) is 8.73. The lowest BCUT2D eigenvalue weighted by Crippen LogP contribution is -2.30. The molecule has 0 bridgehead atoms. The van der Waals surface area contributed by atoms with Crippen LogP contribution in [0.4, 0.5) is 0 Å². The number of hydrogen-bond donors (Lipinski definition) is 2. The van der Waals surface area contributed by atoms with Crippen molar-refractivity contribution in [2.45, 2.75) is 57.1 Å². The molecule has 1 aliphatic carbocycles. The van der Waals surface area contributed by atoms with E-state index in [1.807, 2.05) is 6.07 Å². The molecule has 3 rings (SSSR count). The van der Waals surface area contributed by atoms with Crippen molar-refractivity contribution >= 4 is 10.8 Å². The lowest BCUT2D eigenvalue weighted by Gasteiger charge is -2.18. The minimum absolute atomic E-state index is 0.372. The third-order valence-electron chi connectivity index (χ3n) is 4.86. The quantitative estimate of drug-likeness (QED) is 0.792. The van der Waals surface area contributed by atoms with Gasteiger partial charge >= 0.3 is 0 Å². The highest BCUT2D eigenvalue weighted by atomic mass is 16.3. The minimum atomic E-state index is -0.372. The normalized spacial score (nSPS) is 18.2. The van der Waals surface area contributed by atoms with Gasteiger partial charge in [-0.1, -0.05) is 62.1 Å². The van der Waals surface area contributed by atoms with Gasteiger partial charge in [0.15, 0.2) is 0 Å². The molecule has 0 aromatic heterocycles. The zero-order valence-electron chi connectivity index (χ0n) is 13.3. The lowest BCUT2D eigenvalue weighted by atomic mass is 10.0. The zero-order valence-corrected chi connectivity index (χ0v) is 13.3. The van der Waals surface area contributed by atoms with Crippen molar-refractivity contribution in [2.75, 3.05) is 6.54 Å². The predicted molar refractivity (Wildman–Crippen MR) is 93.0 cm³/mol. The van der Waals surface area contributed by atoms with E-state index in [9.17, 15) is 5.11 Å². The molecule has 118 valence electrons. The van der Waals surface area contributed by atoms with E-state index in [-0.39, 0.29) is 6.10 Å². The summed E-state index contributed by atoms with van der Waals surface area (Å²) in [4.78, 5) is 0. The lowest BCUT2D eigenvalue weighted by molar-refractivity contribution is 0.165. The minimum Gasteiger partial charge on any atom is -0.388 e. The second kappa shape index (κ2) is 7.75. The highest BCUT2D eigenvalue weighted by molar-refractivity contribution is 5.83. The van der Waals surface area contributed by atoms with Gasteiger partial charge in [-0.3, -0.25) is 0 Å². The summed E-state index contributed by atoms with van der Waals surface area (Å²) >= 11 is 0. The van der Waals surface area contributed by atoms with Crippen LogP contribution in [0.15, 0.2) is 42.5 Å². The molecule has 22 heavy (non-hydrogen) atoms. The van der Waals surface area contributed by atoms with E-state index < -0.39 is 0 Å². The molecule has 0 radical (unpaired) electrons. The van der Waals surface area contributed by atoms with Gasteiger partial charge in [0.25, 0.3) is 0 Å². The SMILES string of the molecule is OC(CCNC1CCCCCC1)c1ccc2ccccc2c1. The van der Waals surface area contributed by atoms with Crippen molar-refractivity contribution < 1.29 is 5.11 Å². The van der Waals surface area contributed by atoms with E-state index >= 15 is 0 Å². The standard InChI is InChI=1S/C20H27NO/c22-20(13-14-21-19-9-3-1-2-4-10-19)18-12-11-16-7-5-6-8-17(16)15-18/h5-8,11-12,15,19-22H,1-4,9-10,13-14H2. The third kappa shape index (κ3) is 4.08. The topological polar surface area (TPSA) is 32.3 Å². The maximum Gasteiger partial charge on any atom is 0.0802 e. The van der Waals surface area contributed by atoms with Crippen LogP contribution in [-0.2, 0) is 0 Å². The largest absolute Gasteiger partial charge is 0.388 e. The van der Waals surface area contributed by atoms with Crippen molar-refractivity contribution in [3.05, 3.63) is 48.0 Å². The first-order chi connectivity index (χ1) is 10.8. The van der Waals surface area contributed by atoms with Gasteiger partial charge in [-0.05, 0) is 48.2 Å². The van der Waals surface area contributed by atoms with Crippen molar-refractivity contribution in [1.29, 1.82) is 0 Å². The second-order valence-corrected chi connectivity index (χ2v) is 6.55. The molecule has 1 atom stereocenters. The van der Waals surface area contributed by atoms with Crippen LogP contribution in [0.25, 0.3) is 10.8 Å². The molecule has 0 spiro atoms. The van der Waals surface area contributed by atoms with Crippen LogP contribution in [0.3, 0.4) is 0 Å². The number of fused-ring (bicyclic) bond motifs is 1. The second-order valence-electron chi connectivity index (χ2n) is 6.55. The molecule has 0 amide bonds. The van der Waals surface area contributed by atoms with Gasteiger partial charge in [-0.15, -0.1) is 0 Å². The van der Waals surface area contributed by atoms with Crippen LogP contribution in [0, 0.1) is 0 Å². The Hall–Kier alpha value is -1.38. The van der Waals surface area contributed by atoms with Gasteiger partial charge in [0, 0.05) is 6.04 Å². The Bertz CT molecular complexity index is 587. The number of rotatable bonds is 5. The molecule has 1 saturated carbocycles. The zero-order chi connectivity index (χ0) is 15.2. The fourth-order valence-corrected chi connectivity index (χ4v) is 3.49. The fourth-order valence-electron chi connectivity index (χ4n) is 3.49. The molecular formula is C20H27NO. The van der Waals surface area contributed by atoms with E-state index in [0.29, 0.717) is 6.04 Å². The van der Waals surface area contributed by atoms with Crippen LogP contribution in [0.5, 0.6) is 0 Å². The molecule has 1 fully saturated rings. The van der Waals surface area contributed by atoms with Crippen LogP contribution in [0.1, 0.15) is 56.6 Å². The van der Waals surface area contributed by atoms with Gasteiger partial charge in [0.05, 0.1) is 6.10 Å². The monoisotopic (exact) mass is 297 g/mol. The maximum atomic E-state index is 10.4. The highest BCUT2D eigenvalue weighted by Gasteiger charge is 2.13. The number of benzene rings is 2. The summed E-state index contributed by atoms with van der Waals surface area (Å²) in [6.07, 6.45) is 8.49. The summed E-state index contributed by atoms with van der Waals surface area (Å²) in [6.45, 7) is 0.901. The Morgan fingerprint density at radius 2 is 1.68 bits per heavy atom. The summed E-state index contributed by atoms with van der Waals surface area (Å²) in [5, 5.41) is 16.5. The number of hydrogen-bond acceptors (Lipinski definition) is 2. The smallest absolute Gasteiger partial charge is 0.0802 e. The number of aliphatic hydroxyl groups excluding tert-OH is 1. The molecule has 0 aliphatic heterocycles. The molecule has 0 saturated heterocycles. The summed E-state index contributed by atoms with van der Waals surface area (Å²) < 4.78 is 0. The Morgan fingerprint density at radius 1 is 0.955 bits per heavy atom. The predicted octanol–water partition coefficient (Wildman–Crippen LogP) is 4.58. The Kier molecular flexibility index (Phi) is 5.47. The van der Waals surface area contributed by atoms with Crippen LogP contribution >= 0.6 is 0 Å². The third-order valence-corrected chi connectivity index (χ3v) is 4.86. The van der Waals surface area contributed by atoms with Gasteiger partial charge in [-0.2, -0.15) is 0 Å². The van der Waals surface area contributed by atoms with Crippen molar-refractivity contribution in [3.63, 3.8) is 0 Å². The summed E-state index contributed by atoms with van der Waals surface area (Å²) in [7, 11) is 0. The van der Waals surface area contributed by atoms with E-state index in [0.717, 1.165) is 18.5 Å². The molecular weight excluding hydrogens is 270 g/mol. The first kappa shape index (κ1) is 15.5. The van der Waals surface area contributed by atoms with Crippen LogP contribution in [-0.4, -0.2) is 17.7 Å². The van der Waals surface area contributed by atoms with E-state index in [4.69, 9.17) is 0 Å². The molecule has 2 aromatic rings. The Morgan fingerprint density at radius 3 is 2.45 bits per heavy atom. The van der Waals surface area contributed by atoms with E-state index in [1.165, 1.54) is 49.3 Å². The molecule has 1 aliphatic rings. The van der Waals surface area contributed by atoms with E-state index in [2.05, 4.69) is 41.7 Å². The molecule has 1 unspecified atom stereocenters. The van der Waals surface area contributed by atoms with Crippen LogP contribution < -0.4 is 5.32 Å². The van der Waals surface area contributed by atoms with Crippen molar-refractivity contribution in [1.82, 2.24) is 5.32 Å². The Balaban J connectivity index is 1.53. The van der Waals surface area contributed by atoms with Gasteiger partial charge in [0.2, 0.25) is 0 Å². The highest BCUT2D eigenvalue weighted by Crippen LogP contribution is 2.22. The van der Waals surface area contributed by atoms with Gasteiger partial charge < -0.3 is 10.4 Å². The molecule has 2 aromatic carbocycles. The van der Waals surface area contributed by atoms with Crippen molar-refractivity contribution in [3.8, 4) is 0 Å². The first-order valence-electron chi connectivity index (χ1n) is 8.73. The van der Waals surface area contributed by atoms with Gasteiger partial charge in [-0.25, -0.2) is 0 Å². The maximum absolute atomic E-state index is 10.4. The molecule has 2 heteroatoms. The number of aliphatic hydroxyl groups is 1.